The monoisotopic (exact) mass is 1000 g/mol. The Bertz CT molecular complexity index is 2490. The number of unbranched alkanes of at least 4 members (excludes halogenated alkanes) is 14. The van der Waals surface area contributed by atoms with Crippen molar-refractivity contribution in [1.29, 1.82) is 0 Å². The summed E-state index contributed by atoms with van der Waals surface area (Å²) < 4.78 is 33.4. The first-order valence-corrected chi connectivity index (χ1v) is 25.8. The molecule has 1 aromatic heterocycles. The van der Waals surface area contributed by atoms with Crippen molar-refractivity contribution in [3.63, 3.8) is 0 Å². The fourth-order valence-corrected chi connectivity index (χ4v) is 7.57. The number of benzene rings is 5. The maximum absolute atomic E-state index is 12.5. The van der Waals surface area contributed by atoms with Gasteiger partial charge in [-0.25, -0.2) is 9.59 Å². The van der Waals surface area contributed by atoms with Crippen LogP contribution in [0.5, 0.6) is 23.5 Å². The van der Waals surface area contributed by atoms with Gasteiger partial charge in [0, 0.05) is 5.56 Å². The maximum Gasteiger partial charge on any atom is 0.338 e. The molecule has 388 valence electrons. The minimum Gasteiger partial charge on any atom is -0.497 e. The Kier molecular flexibility index (Phi) is 24.2. The highest BCUT2D eigenvalue weighted by molar-refractivity contribution is 5.90. The van der Waals surface area contributed by atoms with E-state index in [2.05, 4.69) is 42.0 Å². The number of carbonyl (C=O) groups excluding carboxylic acids is 2. The molecule has 0 amide bonds. The summed E-state index contributed by atoms with van der Waals surface area (Å²) in [6.45, 7) is 5.66. The molecule has 0 aliphatic carbocycles. The van der Waals surface area contributed by atoms with Crippen LogP contribution in [0.1, 0.15) is 129 Å². The Balaban J connectivity index is 0.780. The van der Waals surface area contributed by atoms with Gasteiger partial charge >= 0.3 is 24.0 Å². The van der Waals surface area contributed by atoms with E-state index in [1.54, 1.807) is 68.8 Å². The van der Waals surface area contributed by atoms with Crippen molar-refractivity contribution in [1.82, 2.24) is 15.0 Å². The van der Waals surface area contributed by atoms with Gasteiger partial charge in [0.2, 0.25) is 0 Å². The summed E-state index contributed by atoms with van der Waals surface area (Å²) in [6, 6.07) is 36.8. The van der Waals surface area contributed by atoms with E-state index < -0.39 is 0 Å². The van der Waals surface area contributed by atoms with Gasteiger partial charge in [0.05, 0.1) is 74.5 Å². The van der Waals surface area contributed by atoms with E-state index >= 15 is 0 Å². The van der Waals surface area contributed by atoms with Crippen LogP contribution in [0.2, 0.25) is 0 Å². The number of aromatic nitrogens is 3. The maximum atomic E-state index is 12.5. The molecule has 0 saturated carbocycles. The predicted octanol–water partition coefficient (Wildman–Crippen LogP) is 15.7. The molecule has 0 saturated heterocycles. The third-order valence-corrected chi connectivity index (χ3v) is 11.9. The number of rotatable bonds is 34. The first-order valence-electron chi connectivity index (χ1n) is 25.8. The van der Waals surface area contributed by atoms with Crippen LogP contribution in [0.3, 0.4) is 0 Å². The van der Waals surface area contributed by atoms with Gasteiger partial charge in [0.25, 0.3) is 0 Å². The lowest BCUT2D eigenvalue weighted by Gasteiger charge is -2.10. The van der Waals surface area contributed by atoms with Crippen molar-refractivity contribution < 1.29 is 38.0 Å². The molecule has 5 aromatic carbocycles. The van der Waals surface area contributed by atoms with E-state index in [4.69, 9.17) is 28.4 Å². The zero-order valence-corrected chi connectivity index (χ0v) is 42.9. The topological polar surface area (TPSA) is 178 Å². The van der Waals surface area contributed by atoms with Gasteiger partial charge in [-0.05, 0) is 128 Å². The number of methoxy groups -OCH3 is 2. The molecule has 15 heteroatoms. The fourth-order valence-electron chi connectivity index (χ4n) is 7.57. The Morgan fingerprint density at radius 1 is 0.419 bits per heavy atom. The fraction of sp³-hybridized carbons (Fsp3) is 0.373. The van der Waals surface area contributed by atoms with Crippen molar-refractivity contribution in [2.24, 2.45) is 20.5 Å². The molecule has 1 heterocycles. The molecular formula is C59H69N7O8. The van der Waals surface area contributed by atoms with E-state index in [9.17, 15) is 9.59 Å². The Morgan fingerprint density at radius 2 is 0.743 bits per heavy atom. The molecule has 0 unspecified atom stereocenters. The number of ether oxygens (including phenoxy) is 6. The summed E-state index contributed by atoms with van der Waals surface area (Å²) in [5, 5.41) is 16.9. The average Bonchev–Trinajstić information content (AvgIpc) is 3.44. The highest BCUT2D eigenvalue weighted by atomic mass is 16.5. The Hall–Kier alpha value is -7.81. The van der Waals surface area contributed by atoms with Crippen LogP contribution in [0, 0.1) is 0 Å². The van der Waals surface area contributed by atoms with Crippen LogP contribution in [-0.2, 0) is 9.47 Å². The third kappa shape index (κ3) is 20.4. The summed E-state index contributed by atoms with van der Waals surface area (Å²) in [4.78, 5) is 38.8. The zero-order chi connectivity index (χ0) is 51.8. The third-order valence-electron chi connectivity index (χ3n) is 11.9. The summed E-state index contributed by atoms with van der Waals surface area (Å²) in [6.07, 6.45) is 18.3. The van der Waals surface area contributed by atoms with E-state index in [-0.39, 0.29) is 24.0 Å². The van der Waals surface area contributed by atoms with Crippen LogP contribution in [0.25, 0.3) is 17.5 Å². The molecule has 0 radical (unpaired) electrons. The second-order valence-electron chi connectivity index (χ2n) is 17.6. The molecule has 0 atom stereocenters. The smallest absolute Gasteiger partial charge is 0.338 e. The van der Waals surface area contributed by atoms with Crippen molar-refractivity contribution in [3.8, 4) is 34.9 Å². The van der Waals surface area contributed by atoms with Crippen LogP contribution in [-0.4, -0.2) is 67.5 Å². The van der Waals surface area contributed by atoms with Crippen LogP contribution in [0.4, 0.5) is 22.7 Å². The molecule has 6 aromatic rings. The number of azo groups is 2. The highest BCUT2D eigenvalue weighted by Gasteiger charge is 2.12. The minimum absolute atomic E-state index is 0.261. The number of hydrogen-bond acceptors (Lipinski definition) is 15. The van der Waals surface area contributed by atoms with Crippen molar-refractivity contribution in [3.05, 3.63) is 145 Å². The lowest BCUT2D eigenvalue weighted by molar-refractivity contribution is 0.0488. The van der Waals surface area contributed by atoms with Crippen molar-refractivity contribution >= 4 is 40.8 Å². The number of hydrogen-bond donors (Lipinski definition) is 0. The van der Waals surface area contributed by atoms with Gasteiger partial charge in [-0.15, -0.1) is 4.98 Å². The molecule has 74 heavy (non-hydrogen) atoms. The standard InChI is InChI=1S/C59H69N7O8/c1-4-45-21-23-46(24-22-45)55-60-58(73-43-19-15-11-7-5-9-13-17-41-71-56(67)47-25-29-49(30-26-47)63-65-51-33-37-53(69-2)38-34-51)62-59(61-55)74-44-20-16-12-8-6-10-14-18-42-72-57(68)48-27-31-50(32-28-48)64-66-52-35-39-54(70-3)40-36-52/h4,21-40H,1,5-20,41-44H2,2-3H3. The second-order valence-corrected chi connectivity index (χ2v) is 17.6. The molecule has 0 aliphatic rings. The minimum atomic E-state index is -0.334. The van der Waals surface area contributed by atoms with Crippen LogP contribution < -0.4 is 18.9 Å². The number of carbonyl (C=O) groups is 2. The number of nitrogens with zero attached hydrogens (tertiary/aromatic N) is 7. The summed E-state index contributed by atoms with van der Waals surface area (Å²) in [5.41, 5.74) is 5.55. The lowest BCUT2D eigenvalue weighted by atomic mass is 10.1. The van der Waals surface area contributed by atoms with E-state index in [0.717, 1.165) is 125 Å². The van der Waals surface area contributed by atoms with E-state index in [1.165, 1.54) is 0 Å². The van der Waals surface area contributed by atoms with Gasteiger partial charge < -0.3 is 28.4 Å². The summed E-state index contributed by atoms with van der Waals surface area (Å²) in [5.74, 6) is 1.35. The predicted molar refractivity (Wildman–Crippen MR) is 288 cm³/mol. The summed E-state index contributed by atoms with van der Waals surface area (Å²) >= 11 is 0. The normalized spacial score (nSPS) is 11.2. The van der Waals surface area contributed by atoms with Gasteiger partial charge in [-0.3, -0.25) is 0 Å². The quantitative estimate of drug-likeness (QED) is 0.0213. The first kappa shape index (κ1) is 55.5. The highest BCUT2D eigenvalue weighted by Crippen LogP contribution is 2.25. The molecule has 0 fully saturated rings. The molecule has 6 rings (SSSR count). The number of esters is 2. The zero-order valence-electron chi connectivity index (χ0n) is 42.9. The SMILES string of the molecule is C=Cc1ccc(-c2nc(OCCCCCCCCCCOC(=O)c3ccc(N=Nc4ccc(OC)cc4)cc3)nc(OCCCCCCCCCCOC(=O)c3ccc(N=Nc4ccc(OC)cc4)cc3)n2)cc1. The molecule has 15 nitrogen and oxygen atoms in total. The molecule has 0 N–H and O–H groups in total. The second kappa shape index (κ2) is 32.3. The largest absolute Gasteiger partial charge is 0.497 e. The molecule has 0 spiro atoms. The van der Waals surface area contributed by atoms with Crippen molar-refractivity contribution in [2.45, 2.75) is 103 Å². The van der Waals surface area contributed by atoms with Crippen LogP contribution >= 0.6 is 0 Å². The average molecular weight is 1000 g/mol. The Labute approximate surface area is 435 Å². The molecule has 0 aliphatic heterocycles. The van der Waals surface area contributed by atoms with Gasteiger partial charge in [-0.1, -0.05) is 114 Å². The molecule has 0 bridgehead atoms. The van der Waals surface area contributed by atoms with E-state index in [1.807, 2.05) is 72.8 Å². The van der Waals surface area contributed by atoms with Gasteiger partial charge in [-0.2, -0.15) is 30.4 Å². The van der Waals surface area contributed by atoms with Gasteiger partial charge in [0.15, 0.2) is 5.82 Å². The van der Waals surface area contributed by atoms with Crippen molar-refractivity contribution in [2.75, 3.05) is 40.6 Å². The van der Waals surface area contributed by atoms with Gasteiger partial charge in [0.1, 0.15) is 11.5 Å². The lowest BCUT2D eigenvalue weighted by Crippen LogP contribution is -2.07. The first-order chi connectivity index (χ1) is 36.4. The Morgan fingerprint density at radius 3 is 1.08 bits per heavy atom. The molecular weight excluding hydrogens is 935 g/mol. The summed E-state index contributed by atoms with van der Waals surface area (Å²) in [7, 11) is 3.24. The van der Waals surface area contributed by atoms with E-state index in [0.29, 0.717) is 66.1 Å². The van der Waals surface area contributed by atoms with Crippen LogP contribution in [0.15, 0.2) is 148 Å².